The van der Waals surface area contributed by atoms with Gasteiger partial charge in [0, 0.05) is 6.08 Å². The fourth-order valence-electron chi connectivity index (χ4n) is 0.143. The first kappa shape index (κ1) is 5.21. The summed E-state index contributed by atoms with van der Waals surface area (Å²) in [4.78, 5) is 9.51. The summed E-state index contributed by atoms with van der Waals surface area (Å²) in [5, 5.41) is 7.83. The lowest BCUT2D eigenvalue weighted by atomic mass is 10.5. The van der Waals surface area contributed by atoms with Gasteiger partial charge in [0.2, 0.25) is 0 Å². The number of allylic oxidation sites excluding steroid dienone is 1. The van der Waals surface area contributed by atoms with Gasteiger partial charge in [-0.2, -0.15) is 0 Å². The first-order chi connectivity index (χ1) is 2.77. The second kappa shape index (κ2) is 2.45. The molecular weight excluding hydrogens is 80.0 g/mol. The molecule has 6 heavy (non-hydrogen) atoms. The van der Waals surface area contributed by atoms with Gasteiger partial charge in [0.15, 0.2) is 0 Å². The van der Waals surface area contributed by atoms with Crippen molar-refractivity contribution in [2.75, 3.05) is 0 Å². The standard InChI is InChI=1S/C4H6O2/c1-2-3-4(5)6/h2-3H,1H3,(H,5,6)/p+1/b3-2+. The summed E-state index contributed by atoms with van der Waals surface area (Å²) in [5.41, 5.74) is 0. The Morgan fingerprint density at radius 1 is 2.00 bits per heavy atom. The maximum absolute atomic E-state index is 9.51. The fraction of sp³-hybridized carbons (Fsp3) is 0.250. The van der Waals surface area contributed by atoms with E-state index in [1.54, 1.807) is 6.92 Å². The summed E-state index contributed by atoms with van der Waals surface area (Å²) in [6.45, 7) is 1.66. The Kier molecular flexibility index (Phi) is 2.13. The Labute approximate surface area is 37.6 Å². The second-order valence-corrected chi connectivity index (χ2v) is 0.838. The van der Waals surface area contributed by atoms with Gasteiger partial charge in [-0.15, -0.1) is 0 Å². The number of carboxylic acids is 1. The SMILES string of the molecule is C/C=C/C(=O)O.[H+]. The second-order valence-electron chi connectivity index (χ2n) is 0.838. The average Bonchev–Trinajstić information content (AvgIpc) is 1.35. The maximum Gasteiger partial charge on any atom is 1.00 e. The van der Waals surface area contributed by atoms with Crippen molar-refractivity contribution in [1.82, 2.24) is 0 Å². The van der Waals surface area contributed by atoms with Crippen LogP contribution in [0, 0.1) is 0 Å². The number of aliphatic carboxylic acids is 1. The minimum atomic E-state index is -0.891. The van der Waals surface area contributed by atoms with Crippen molar-refractivity contribution in [3.05, 3.63) is 12.2 Å². The van der Waals surface area contributed by atoms with E-state index in [-0.39, 0.29) is 1.43 Å². The third kappa shape index (κ3) is 3.21. The molecule has 0 aromatic carbocycles. The molecule has 0 aliphatic rings. The Morgan fingerprint density at radius 2 is 2.50 bits per heavy atom. The van der Waals surface area contributed by atoms with Gasteiger partial charge in [0.1, 0.15) is 0 Å². The summed E-state index contributed by atoms with van der Waals surface area (Å²) in [6, 6.07) is 0. The monoisotopic (exact) mass is 87.0 g/mol. The van der Waals surface area contributed by atoms with E-state index in [1.165, 1.54) is 6.08 Å². The molecule has 0 unspecified atom stereocenters. The third-order valence-electron chi connectivity index (χ3n) is 0.309. The van der Waals surface area contributed by atoms with Gasteiger partial charge in [0.05, 0.1) is 0 Å². The van der Waals surface area contributed by atoms with Gasteiger partial charge in [-0.05, 0) is 6.92 Å². The van der Waals surface area contributed by atoms with Crippen LogP contribution in [0.15, 0.2) is 12.2 Å². The lowest BCUT2D eigenvalue weighted by Crippen LogP contribution is -1.83. The van der Waals surface area contributed by atoms with E-state index >= 15 is 0 Å². The third-order valence-corrected chi connectivity index (χ3v) is 0.309. The van der Waals surface area contributed by atoms with Crippen LogP contribution in [-0.4, -0.2) is 11.1 Å². The van der Waals surface area contributed by atoms with E-state index in [2.05, 4.69) is 0 Å². The molecule has 0 aromatic heterocycles. The molecule has 0 aliphatic carbocycles. The number of carbonyl (C=O) groups is 1. The molecule has 0 aromatic rings. The predicted molar refractivity (Wildman–Crippen MR) is 23.6 cm³/mol. The summed E-state index contributed by atoms with van der Waals surface area (Å²) in [7, 11) is 0. The lowest BCUT2D eigenvalue weighted by Gasteiger charge is -1.68. The van der Waals surface area contributed by atoms with E-state index in [0.29, 0.717) is 0 Å². The van der Waals surface area contributed by atoms with Gasteiger partial charge in [-0.1, -0.05) is 6.08 Å². The van der Waals surface area contributed by atoms with Gasteiger partial charge >= 0.3 is 7.40 Å². The van der Waals surface area contributed by atoms with Crippen LogP contribution in [-0.2, 0) is 4.79 Å². The largest absolute Gasteiger partial charge is 1.00 e. The van der Waals surface area contributed by atoms with E-state index < -0.39 is 5.97 Å². The van der Waals surface area contributed by atoms with Crippen molar-refractivity contribution in [1.29, 1.82) is 0 Å². The summed E-state index contributed by atoms with van der Waals surface area (Å²) >= 11 is 0. The number of rotatable bonds is 1. The first-order valence-electron chi connectivity index (χ1n) is 1.63. The molecule has 0 aliphatic heterocycles. The zero-order valence-electron chi connectivity index (χ0n) is 4.51. The van der Waals surface area contributed by atoms with Crippen molar-refractivity contribution >= 4 is 5.97 Å². The van der Waals surface area contributed by atoms with E-state index in [1.807, 2.05) is 0 Å². The molecule has 0 bridgehead atoms. The van der Waals surface area contributed by atoms with E-state index in [0.717, 1.165) is 6.08 Å². The first-order valence-corrected chi connectivity index (χ1v) is 1.63. The molecule has 0 saturated carbocycles. The van der Waals surface area contributed by atoms with Crippen LogP contribution in [0.4, 0.5) is 0 Å². The highest BCUT2D eigenvalue weighted by Gasteiger charge is 1.76. The van der Waals surface area contributed by atoms with Gasteiger partial charge in [-0.3, -0.25) is 0 Å². The fourth-order valence-corrected chi connectivity index (χ4v) is 0.143. The summed E-state index contributed by atoms with van der Waals surface area (Å²) in [6.07, 6.45) is 2.56. The van der Waals surface area contributed by atoms with Crippen molar-refractivity contribution in [2.45, 2.75) is 6.92 Å². The molecule has 0 spiro atoms. The van der Waals surface area contributed by atoms with Crippen molar-refractivity contribution < 1.29 is 11.3 Å². The highest BCUT2D eigenvalue weighted by atomic mass is 16.4. The van der Waals surface area contributed by atoms with E-state index in [9.17, 15) is 4.79 Å². The van der Waals surface area contributed by atoms with Crippen molar-refractivity contribution in [3.8, 4) is 0 Å². The average molecular weight is 87.1 g/mol. The van der Waals surface area contributed by atoms with Gasteiger partial charge in [0.25, 0.3) is 0 Å². The highest BCUT2D eigenvalue weighted by molar-refractivity contribution is 5.79. The Bertz CT molecular complexity index is 77.8. The van der Waals surface area contributed by atoms with Gasteiger partial charge in [-0.25, -0.2) is 4.79 Å². The molecule has 0 fully saturated rings. The zero-order chi connectivity index (χ0) is 4.99. The van der Waals surface area contributed by atoms with Crippen LogP contribution in [0.5, 0.6) is 0 Å². The molecular formula is C4H7O2+. The quantitative estimate of drug-likeness (QED) is 0.479. The number of carboxylic acid groups (broad SMARTS) is 1. The Balaban J connectivity index is 0. The zero-order valence-corrected chi connectivity index (χ0v) is 3.51. The molecule has 2 nitrogen and oxygen atoms in total. The highest BCUT2D eigenvalue weighted by Crippen LogP contribution is 1.65. The topological polar surface area (TPSA) is 37.3 Å². The summed E-state index contributed by atoms with van der Waals surface area (Å²) < 4.78 is 0. The van der Waals surface area contributed by atoms with Crippen LogP contribution >= 0.6 is 0 Å². The minimum Gasteiger partial charge on any atom is -0.478 e. The molecule has 0 atom stereocenters. The van der Waals surface area contributed by atoms with Crippen molar-refractivity contribution in [2.24, 2.45) is 0 Å². The summed E-state index contributed by atoms with van der Waals surface area (Å²) in [5.74, 6) is -0.891. The smallest absolute Gasteiger partial charge is 0.478 e. The van der Waals surface area contributed by atoms with E-state index in [4.69, 9.17) is 5.11 Å². The molecule has 0 amide bonds. The molecule has 0 rings (SSSR count). The van der Waals surface area contributed by atoms with Gasteiger partial charge < -0.3 is 5.11 Å². The van der Waals surface area contributed by atoms with Crippen LogP contribution in [0.25, 0.3) is 0 Å². The predicted octanol–water partition coefficient (Wildman–Crippen LogP) is 0.760. The number of hydrogen-bond acceptors (Lipinski definition) is 1. The van der Waals surface area contributed by atoms with Crippen LogP contribution in [0.2, 0.25) is 0 Å². The molecule has 2 heteroatoms. The minimum absolute atomic E-state index is 0. The number of hydrogen-bond donors (Lipinski definition) is 1. The van der Waals surface area contributed by atoms with Crippen LogP contribution < -0.4 is 0 Å². The Hall–Kier alpha value is -0.790. The normalized spacial score (nSPS) is 9.50. The molecule has 0 saturated heterocycles. The lowest BCUT2D eigenvalue weighted by molar-refractivity contribution is -0.131. The molecule has 0 radical (unpaired) electrons. The maximum atomic E-state index is 9.51. The molecule has 1 N–H and O–H groups in total. The molecule has 0 heterocycles. The Morgan fingerprint density at radius 3 is 2.50 bits per heavy atom. The van der Waals surface area contributed by atoms with Crippen LogP contribution in [0.3, 0.4) is 0 Å². The van der Waals surface area contributed by atoms with Crippen molar-refractivity contribution in [3.63, 3.8) is 0 Å². The molecule has 34 valence electrons. The van der Waals surface area contributed by atoms with Crippen LogP contribution in [0.1, 0.15) is 8.35 Å².